The lowest BCUT2D eigenvalue weighted by Gasteiger charge is -2.08. The third-order valence-corrected chi connectivity index (χ3v) is 2.57. The van der Waals surface area contributed by atoms with Gasteiger partial charge in [0.25, 0.3) is 0 Å². The van der Waals surface area contributed by atoms with Crippen molar-refractivity contribution in [1.29, 1.82) is 0 Å². The fourth-order valence-electron chi connectivity index (χ4n) is 1.59. The van der Waals surface area contributed by atoms with Crippen molar-refractivity contribution in [1.82, 2.24) is 4.98 Å². The van der Waals surface area contributed by atoms with Gasteiger partial charge in [0.2, 0.25) is 5.88 Å². The zero-order valence-corrected chi connectivity index (χ0v) is 10.3. The molecule has 1 aromatic heterocycles. The number of aliphatic hydroxyl groups is 1. The standard InChI is InChI=1S/C14H16N2O2/c1-10-2-7-13(15)14(16-10)18-12-5-3-11(4-6-12)8-9-17/h2-7,17H,8-9,15H2,1H3. The van der Waals surface area contributed by atoms with Gasteiger partial charge in [-0.3, -0.25) is 0 Å². The summed E-state index contributed by atoms with van der Waals surface area (Å²) < 4.78 is 5.62. The molecule has 1 heterocycles. The van der Waals surface area contributed by atoms with E-state index < -0.39 is 0 Å². The number of aromatic nitrogens is 1. The summed E-state index contributed by atoms with van der Waals surface area (Å²) in [5.74, 6) is 1.10. The van der Waals surface area contributed by atoms with Crippen molar-refractivity contribution in [2.24, 2.45) is 0 Å². The van der Waals surface area contributed by atoms with E-state index >= 15 is 0 Å². The molecular weight excluding hydrogens is 228 g/mol. The van der Waals surface area contributed by atoms with Gasteiger partial charge in [0.05, 0.1) is 5.69 Å². The van der Waals surface area contributed by atoms with Gasteiger partial charge in [-0.15, -0.1) is 0 Å². The molecule has 0 bridgehead atoms. The van der Waals surface area contributed by atoms with Gasteiger partial charge in [-0.2, -0.15) is 0 Å². The lowest BCUT2D eigenvalue weighted by Crippen LogP contribution is -1.96. The van der Waals surface area contributed by atoms with E-state index in [0.29, 0.717) is 23.7 Å². The molecule has 0 aliphatic rings. The quantitative estimate of drug-likeness (QED) is 0.866. The second-order valence-corrected chi connectivity index (χ2v) is 4.07. The Hall–Kier alpha value is -2.07. The first-order valence-corrected chi connectivity index (χ1v) is 5.80. The summed E-state index contributed by atoms with van der Waals surface area (Å²) in [6.45, 7) is 2.03. The van der Waals surface area contributed by atoms with Crippen LogP contribution in [0.1, 0.15) is 11.3 Å². The lowest BCUT2D eigenvalue weighted by molar-refractivity contribution is 0.299. The summed E-state index contributed by atoms with van der Waals surface area (Å²) in [6.07, 6.45) is 0.644. The van der Waals surface area contributed by atoms with Crippen LogP contribution >= 0.6 is 0 Å². The van der Waals surface area contributed by atoms with Crippen LogP contribution in [0.4, 0.5) is 5.69 Å². The molecule has 4 nitrogen and oxygen atoms in total. The van der Waals surface area contributed by atoms with E-state index in [9.17, 15) is 0 Å². The van der Waals surface area contributed by atoms with E-state index in [1.807, 2.05) is 37.3 Å². The fourth-order valence-corrected chi connectivity index (χ4v) is 1.59. The van der Waals surface area contributed by atoms with Gasteiger partial charge in [0.15, 0.2) is 0 Å². The number of nitrogens with two attached hydrogens (primary N) is 1. The Balaban J connectivity index is 2.15. The number of nitrogen functional groups attached to an aromatic ring is 1. The molecule has 94 valence electrons. The third-order valence-electron chi connectivity index (χ3n) is 2.57. The number of benzene rings is 1. The molecule has 0 saturated heterocycles. The number of aliphatic hydroxyl groups excluding tert-OH is 1. The summed E-state index contributed by atoms with van der Waals surface area (Å²) >= 11 is 0. The number of hydrogen-bond donors (Lipinski definition) is 2. The largest absolute Gasteiger partial charge is 0.437 e. The van der Waals surface area contributed by atoms with Gasteiger partial charge in [0.1, 0.15) is 5.75 Å². The van der Waals surface area contributed by atoms with Gasteiger partial charge in [0, 0.05) is 12.3 Å². The molecule has 4 heteroatoms. The topological polar surface area (TPSA) is 68.4 Å². The van der Waals surface area contributed by atoms with Crippen molar-refractivity contribution in [2.75, 3.05) is 12.3 Å². The van der Waals surface area contributed by atoms with Crippen LogP contribution in [0.2, 0.25) is 0 Å². The third kappa shape index (κ3) is 2.99. The van der Waals surface area contributed by atoms with Crippen LogP contribution < -0.4 is 10.5 Å². The molecule has 0 unspecified atom stereocenters. The fraction of sp³-hybridized carbons (Fsp3) is 0.214. The second-order valence-electron chi connectivity index (χ2n) is 4.07. The summed E-state index contributed by atoms with van der Waals surface area (Å²) in [4.78, 5) is 4.24. The molecule has 0 aliphatic carbocycles. The van der Waals surface area contributed by atoms with Crippen LogP contribution in [0.25, 0.3) is 0 Å². The van der Waals surface area contributed by atoms with Gasteiger partial charge in [-0.1, -0.05) is 12.1 Å². The first kappa shape index (κ1) is 12.4. The number of rotatable bonds is 4. The highest BCUT2D eigenvalue weighted by Gasteiger charge is 2.04. The van der Waals surface area contributed by atoms with Gasteiger partial charge >= 0.3 is 0 Å². The highest BCUT2D eigenvalue weighted by Crippen LogP contribution is 2.25. The van der Waals surface area contributed by atoms with E-state index in [-0.39, 0.29) is 6.61 Å². The van der Waals surface area contributed by atoms with Gasteiger partial charge < -0.3 is 15.6 Å². The molecule has 18 heavy (non-hydrogen) atoms. The molecule has 0 radical (unpaired) electrons. The summed E-state index contributed by atoms with van der Waals surface area (Å²) in [7, 11) is 0. The van der Waals surface area contributed by atoms with Crippen molar-refractivity contribution < 1.29 is 9.84 Å². The average molecular weight is 244 g/mol. The Bertz CT molecular complexity index is 524. The van der Waals surface area contributed by atoms with Crippen LogP contribution in [0.3, 0.4) is 0 Å². The van der Waals surface area contributed by atoms with E-state index in [1.165, 1.54) is 0 Å². The molecule has 2 aromatic rings. The van der Waals surface area contributed by atoms with Gasteiger partial charge in [-0.05, 0) is 43.2 Å². The molecule has 0 atom stereocenters. The van der Waals surface area contributed by atoms with Crippen molar-refractivity contribution in [3.8, 4) is 11.6 Å². The molecule has 3 N–H and O–H groups in total. The van der Waals surface area contributed by atoms with Crippen LogP contribution in [0.15, 0.2) is 36.4 Å². The molecule has 0 amide bonds. The molecule has 0 spiro atoms. The maximum atomic E-state index is 8.83. The van der Waals surface area contributed by atoms with Crippen LogP contribution in [0.5, 0.6) is 11.6 Å². The average Bonchev–Trinajstić information content (AvgIpc) is 2.37. The first-order chi connectivity index (χ1) is 8.69. The van der Waals surface area contributed by atoms with Crippen molar-refractivity contribution >= 4 is 5.69 Å². The SMILES string of the molecule is Cc1ccc(N)c(Oc2ccc(CCO)cc2)n1. The number of aryl methyl sites for hydroxylation is 1. The Kier molecular flexibility index (Phi) is 3.79. The number of ether oxygens (including phenoxy) is 1. The molecule has 0 saturated carbocycles. The first-order valence-electron chi connectivity index (χ1n) is 5.80. The monoisotopic (exact) mass is 244 g/mol. The number of hydrogen-bond acceptors (Lipinski definition) is 4. The highest BCUT2D eigenvalue weighted by atomic mass is 16.5. The molecule has 2 rings (SSSR count). The minimum Gasteiger partial charge on any atom is -0.437 e. The molecule has 0 fully saturated rings. The lowest BCUT2D eigenvalue weighted by atomic mass is 10.1. The highest BCUT2D eigenvalue weighted by molar-refractivity contribution is 5.50. The Morgan fingerprint density at radius 3 is 2.56 bits per heavy atom. The summed E-state index contributed by atoms with van der Waals surface area (Å²) in [5.41, 5.74) is 8.23. The second kappa shape index (κ2) is 5.51. The zero-order valence-electron chi connectivity index (χ0n) is 10.3. The van der Waals surface area contributed by atoms with Crippen molar-refractivity contribution in [2.45, 2.75) is 13.3 Å². The van der Waals surface area contributed by atoms with Crippen LogP contribution in [-0.4, -0.2) is 16.7 Å². The van der Waals surface area contributed by atoms with E-state index in [2.05, 4.69) is 4.98 Å². The molecular formula is C14H16N2O2. The predicted molar refractivity (Wildman–Crippen MR) is 70.7 cm³/mol. The minimum absolute atomic E-state index is 0.145. The normalized spacial score (nSPS) is 10.3. The number of nitrogens with zero attached hydrogens (tertiary/aromatic N) is 1. The zero-order chi connectivity index (χ0) is 13.0. The predicted octanol–water partition coefficient (Wildman–Crippen LogP) is 2.30. The van der Waals surface area contributed by atoms with Crippen LogP contribution in [-0.2, 0) is 6.42 Å². The summed E-state index contributed by atoms with van der Waals surface area (Å²) in [6, 6.07) is 11.1. The maximum absolute atomic E-state index is 8.83. The van der Waals surface area contributed by atoms with Gasteiger partial charge in [-0.25, -0.2) is 4.98 Å². The minimum atomic E-state index is 0.145. The Morgan fingerprint density at radius 2 is 1.89 bits per heavy atom. The maximum Gasteiger partial charge on any atom is 0.242 e. The molecule has 1 aromatic carbocycles. The Morgan fingerprint density at radius 1 is 1.17 bits per heavy atom. The number of anilines is 1. The Labute approximate surface area is 106 Å². The number of pyridine rings is 1. The van der Waals surface area contributed by atoms with E-state index in [0.717, 1.165) is 11.3 Å². The summed E-state index contributed by atoms with van der Waals surface area (Å²) in [5, 5.41) is 8.83. The van der Waals surface area contributed by atoms with E-state index in [1.54, 1.807) is 6.07 Å². The smallest absolute Gasteiger partial charge is 0.242 e. The van der Waals surface area contributed by atoms with E-state index in [4.69, 9.17) is 15.6 Å². The van der Waals surface area contributed by atoms with Crippen LogP contribution in [0, 0.1) is 6.92 Å². The van der Waals surface area contributed by atoms with Crippen molar-refractivity contribution in [3.63, 3.8) is 0 Å². The van der Waals surface area contributed by atoms with Crippen molar-refractivity contribution in [3.05, 3.63) is 47.7 Å². The molecule has 0 aliphatic heterocycles.